The number of carbonyl (C=O) groups excluding carboxylic acids is 2. The van der Waals surface area contributed by atoms with E-state index < -0.39 is 11.9 Å². The number of rotatable bonds is 7. The Balaban J connectivity index is 2.09. The normalized spacial score (nSPS) is 9.92. The lowest BCUT2D eigenvalue weighted by molar-refractivity contribution is -0.139. The summed E-state index contributed by atoms with van der Waals surface area (Å²) in [4.78, 5) is 23.2. The average Bonchev–Trinajstić information content (AvgIpc) is 2.64. The Morgan fingerprint density at radius 2 is 1.75 bits per heavy atom. The lowest BCUT2D eigenvalue weighted by Gasteiger charge is -2.12. The quantitative estimate of drug-likeness (QED) is 0.788. The van der Waals surface area contributed by atoms with Crippen LogP contribution < -0.4 is 14.8 Å². The van der Waals surface area contributed by atoms with Crippen molar-refractivity contribution < 1.29 is 23.8 Å². The molecule has 1 amide bonds. The number of hydrogen-bond donors (Lipinski definition) is 1. The van der Waals surface area contributed by atoms with Gasteiger partial charge in [-0.1, -0.05) is 30.3 Å². The van der Waals surface area contributed by atoms with Crippen molar-refractivity contribution in [3.05, 3.63) is 59.7 Å². The van der Waals surface area contributed by atoms with E-state index >= 15 is 0 Å². The predicted octanol–water partition coefficient (Wildman–Crippen LogP) is 2.18. The fourth-order valence-corrected chi connectivity index (χ4v) is 1.99. The Hall–Kier alpha value is -3.02. The molecule has 126 valence electrons. The number of methoxy groups -OCH3 is 2. The Morgan fingerprint density at radius 1 is 1.00 bits per heavy atom. The summed E-state index contributed by atoms with van der Waals surface area (Å²) < 4.78 is 15.5. The maximum absolute atomic E-state index is 12.1. The van der Waals surface area contributed by atoms with Crippen LogP contribution in [0.4, 0.5) is 0 Å². The molecule has 1 N–H and O–H groups in total. The van der Waals surface area contributed by atoms with Gasteiger partial charge in [0.05, 0.1) is 14.2 Å². The van der Waals surface area contributed by atoms with Crippen molar-refractivity contribution in [1.29, 1.82) is 0 Å². The van der Waals surface area contributed by atoms with E-state index in [0.717, 1.165) is 5.56 Å². The number of ether oxygens (including phenoxy) is 3. The molecule has 6 nitrogen and oxygen atoms in total. The third-order valence-corrected chi connectivity index (χ3v) is 3.28. The number of esters is 1. The summed E-state index contributed by atoms with van der Waals surface area (Å²) in [7, 11) is 2.79. The van der Waals surface area contributed by atoms with Crippen molar-refractivity contribution in [2.45, 2.75) is 6.61 Å². The maximum atomic E-state index is 12.1. The minimum atomic E-state index is -0.516. The van der Waals surface area contributed by atoms with E-state index in [1.807, 2.05) is 30.3 Å². The Bertz CT molecular complexity index is 700. The smallest absolute Gasteiger partial charge is 0.325 e. The van der Waals surface area contributed by atoms with Crippen LogP contribution in [0.2, 0.25) is 0 Å². The summed E-state index contributed by atoms with van der Waals surface area (Å²) >= 11 is 0. The van der Waals surface area contributed by atoms with Gasteiger partial charge in [-0.3, -0.25) is 9.59 Å². The number of carbonyl (C=O) groups is 2. The topological polar surface area (TPSA) is 73.9 Å². The van der Waals surface area contributed by atoms with Crippen molar-refractivity contribution in [2.24, 2.45) is 0 Å². The highest BCUT2D eigenvalue weighted by Gasteiger charge is 2.12. The Labute approximate surface area is 140 Å². The number of hydrogen-bond acceptors (Lipinski definition) is 5. The first-order valence-electron chi connectivity index (χ1n) is 7.34. The Morgan fingerprint density at radius 3 is 2.42 bits per heavy atom. The molecule has 0 aliphatic carbocycles. The van der Waals surface area contributed by atoms with Crippen LogP contribution in [-0.4, -0.2) is 32.6 Å². The lowest BCUT2D eigenvalue weighted by atomic mass is 10.2. The van der Waals surface area contributed by atoms with Crippen molar-refractivity contribution in [3.8, 4) is 11.5 Å². The molecule has 0 fully saturated rings. The van der Waals surface area contributed by atoms with Crippen molar-refractivity contribution in [1.82, 2.24) is 5.32 Å². The zero-order chi connectivity index (χ0) is 17.4. The summed E-state index contributed by atoms with van der Waals surface area (Å²) in [5.74, 6) is 0.0625. The van der Waals surface area contributed by atoms with E-state index in [-0.39, 0.29) is 6.54 Å². The first kappa shape index (κ1) is 17.3. The molecule has 24 heavy (non-hydrogen) atoms. The molecule has 0 atom stereocenters. The van der Waals surface area contributed by atoms with Gasteiger partial charge in [0.2, 0.25) is 0 Å². The van der Waals surface area contributed by atoms with Crippen LogP contribution in [0.15, 0.2) is 48.5 Å². The van der Waals surface area contributed by atoms with Gasteiger partial charge in [-0.25, -0.2) is 0 Å². The molecule has 0 aliphatic rings. The Kier molecular flexibility index (Phi) is 6.19. The molecule has 0 bridgehead atoms. The van der Waals surface area contributed by atoms with Crippen LogP contribution in [0.1, 0.15) is 15.9 Å². The van der Waals surface area contributed by atoms with Crippen LogP contribution in [0.5, 0.6) is 11.5 Å². The number of benzene rings is 2. The van der Waals surface area contributed by atoms with Gasteiger partial charge in [-0.05, 0) is 23.8 Å². The zero-order valence-electron chi connectivity index (χ0n) is 13.6. The first-order valence-corrected chi connectivity index (χ1v) is 7.34. The SMILES string of the molecule is COC(=O)CNC(=O)c1ccc(OC)c(OCc2ccccc2)c1. The van der Waals surface area contributed by atoms with E-state index in [9.17, 15) is 9.59 Å². The summed E-state index contributed by atoms with van der Waals surface area (Å²) in [5.41, 5.74) is 1.36. The van der Waals surface area contributed by atoms with Crippen molar-refractivity contribution in [2.75, 3.05) is 20.8 Å². The minimum absolute atomic E-state index is 0.193. The van der Waals surface area contributed by atoms with Gasteiger partial charge >= 0.3 is 5.97 Å². The minimum Gasteiger partial charge on any atom is -0.493 e. The largest absolute Gasteiger partial charge is 0.493 e. The molecule has 0 heterocycles. The van der Waals surface area contributed by atoms with Crippen LogP contribution >= 0.6 is 0 Å². The molecule has 0 unspecified atom stereocenters. The molecule has 0 spiro atoms. The van der Waals surface area contributed by atoms with E-state index in [2.05, 4.69) is 10.1 Å². The first-order chi connectivity index (χ1) is 11.6. The van der Waals surface area contributed by atoms with Gasteiger partial charge in [-0.2, -0.15) is 0 Å². The fraction of sp³-hybridized carbons (Fsp3) is 0.222. The molecule has 0 saturated carbocycles. The van der Waals surface area contributed by atoms with E-state index in [1.54, 1.807) is 18.2 Å². The summed E-state index contributed by atoms with van der Waals surface area (Å²) in [6.07, 6.45) is 0. The van der Waals surface area contributed by atoms with Gasteiger partial charge in [0, 0.05) is 5.56 Å². The molecule has 0 radical (unpaired) electrons. The summed E-state index contributed by atoms with van der Waals surface area (Å²) in [6, 6.07) is 14.5. The molecule has 2 aromatic rings. The summed E-state index contributed by atoms with van der Waals surface area (Å²) in [6.45, 7) is 0.159. The van der Waals surface area contributed by atoms with Crippen LogP contribution in [0, 0.1) is 0 Å². The molecular weight excluding hydrogens is 310 g/mol. The van der Waals surface area contributed by atoms with Crippen LogP contribution in [0.25, 0.3) is 0 Å². The van der Waals surface area contributed by atoms with Gasteiger partial charge in [0.1, 0.15) is 13.2 Å². The maximum Gasteiger partial charge on any atom is 0.325 e. The molecule has 0 aromatic heterocycles. The van der Waals surface area contributed by atoms with Crippen molar-refractivity contribution in [3.63, 3.8) is 0 Å². The van der Waals surface area contributed by atoms with Gasteiger partial charge in [0.15, 0.2) is 11.5 Å². The second kappa shape index (κ2) is 8.57. The van der Waals surface area contributed by atoms with Crippen molar-refractivity contribution >= 4 is 11.9 Å². The van der Waals surface area contributed by atoms with E-state index in [0.29, 0.717) is 23.7 Å². The molecule has 2 aromatic carbocycles. The second-order valence-electron chi connectivity index (χ2n) is 4.90. The molecule has 6 heteroatoms. The van der Waals surface area contributed by atoms with E-state index in [4.69, 9.17) is 9.47 Å². The zero-order valence-corrected chi connectivity index (χ0v) is 13.6. The third kappa shape index (κ3) is 4.74. The van der Waals surface area contributed by atoms with E-state index in [1.165, 1.54) is 14.2 Å². The van der Waals surface area contributed by atoms with Crippen LogP contribution in [-0.2, 0) is 16.1 Å². The van der Waals surface area contributed by atoms with Gasteiger partial charge in [-0.15, -0.1) is 0 Å². The molecule has 0 saturated heterocycles. The number of amides is 1. The highest BCUT2D eigenvalue weighted by Crippen LogP contribution is 2.28. The lowest BCUT2D eigenvalue weighted by Crippen LogP contribution is -2.30. The highest BCUT2D eigenvalue weighted by atomic mass is 16.5. The van der Waals surface area contributed by atoms with Crippen LogP contribution in [0.3, 0.4) is 0 Å². The predicted molar refractivity (Wildman–Crippen MR) is 88.1 cm³/mol. The highest BCUT2D eigenvalue weighted by molar-refractivity contribution is 5.96. The fourth-order valence-electron chi connectivity index (χ4n) is 1.99. The molecule has 2 rings (SSSR count). The second-order valence-corrected chi connectivity index (χ2v) is 4.90. The monoisotopic (exact) mass is 329 g/mol. The molecule has 0 aliphatic heterocycles. The molecular formula is C18H19NO5. The van der Waals surface area contributed by atoms with Gasteiger partial charge < -0.3 is 19.5 Å². The summed E-state index contributed by atoms with van der Waals surface area (Å²) in [5, 5.41) is 2.48. The average molecular weight is 329 g/mol. The third-order valence-electron chi connectivity index (χ3n) is 3.28. The standard InChI is InChI=1S/C18H19NO5/c1-22-15-9-8-14(18(21)19-11-17(20)23-2)10-16(15)24-12-13-6-4-3-5-7-13/h3-10H,11-12H2,1-2H3,(H,19,21). The number of nitrogens with one attached hydrogen (secondary N) is 1. The van der Waals surface area contributed by atoms with Gasteiger partial charge in [0.25, 0.3) is 5.91 Å².